The summed E-state index contributed by atoms with van der Waals surface area (Å²) in [7, 11) is 0. The Bertz CT molecular complexity index is 832. The standard InChI is InChI=1S/C24H32N2O3/c1-5-18-23(24(28)29-8-4)21(22-19(25-18)10-9-11-20(22)27)16-12-14-17(15-13-16)26(6-2)7-3/h12-15,21,25H,5-11H2,1-4H3/t21-/m0/s1. The fraction of sp³-hybridized carbons (Fsp3) is 0.500. The van der Waals surface area contributed by atoms with Crippen molar-refractivity contribution in [3.05, 3.63) is 52.4 Å². The highest BCUT2D eigenvalue weighted by Gasteiger charge is 2.39. The van der Waals surface area contributed by atoms with Crippen LogP contribution in [0.5, 0.6) is 0 Å². The van der Waals surface area contributed by atoms with E-state index in [1.165, 1.54) is 0 Å². The predicted molar refractivity (Wildman–Crippen MR) is 116 cm³/mol. The summed E-state index contributed by atoms with van der Waals surface area (Å²) in [4.78, 5) is 28.1. The maximum Gasteiger partial charge on any atom is 0.336 e. The van der Waals surface area contributed by atoms with Gasteiger partial charge in [-0.2, -0.15) is 0 Å². The summed E-state index contributed by atoms with van der Waals surface area (Å²) in [5.74, 6) is -0.563. The zero-order valence-corrected chi connectivity index (χ0v) is 18.0. The van der Waals surface area contributed by atoms with E-state index >= 15 is 0 Å². The number of hydrogen-bond donors (Lipinski definition) is 1. The number of ketones is 1. The quantitative estimate of drug-likeness (QED) is 0.690. The summed E-state index contributed by atoms with van der Waals surface area (Å²) < 4.78 is 5.40. The Morgan fingerprint density at radius 2 is 1.79 bits per heavy atom. The molecule has 1 atom stereocenters. The van der Waals surface area contributed by atoms with Gasteiger partial charge < -0.3 is 15.0 Å². The fourth-order valence-electron chi connectivity index (χ4n) is 4.42. The number of ether oxygens (including phenoxy) is 1. The van der Waals surface area contributed by atoms with Crippen LogP contribution in [-0.4, -0.2) is 31.4 Å². The number of dihydropyridines is 1. The van der Waals surface area contributed by atoms with Crippen molar-refractivity contribution in [2.24, 2.45) is 0 Å². The van der Waals surface area contributed by atoms with Gasteiger partial charge >= 0.3 is 5.97 Å². The SMILES string of the molecule is CCOC(=O)C1=C(CC)NC2=C(C(=O)CCC2)[C@@H]1c1ccc(N(CC)CC)cc1. The van der Waals surface area contributed by atoms with E-state index in [0.717, 1.165) is 54.1 Å². The molecule has 1 N–H and O–H groups in total. The lowest BCUT2D eigenvalue weighted by atomic mass is 9.75. The largest absolute Gasteiger partial charge is 0.463 e. The van der Waals surface area contributed by atoms with Crippen molar-refractivity contribution in [3.8, 4) is 0 Å². The fourth-order valence-corrected chi connectivity index (χ4v) is 4.42. The van der Waals surface area contributed by atoms with E-state index in [1.54, 1.807) is 0 Å². The first-order valence-electron chi connectivity index (χ1n) is 10.8. The third-order valence-corrected chi connectivity index (χ3v) is 5.86. The number of nitrogens with one attached hydrogen (secondary N) is 1. The van der Waals surface area contributed by atoms with Gasteiger partial charge in [-0.25, -0.2) is 4.79 Å². The number of nitrogens with zero attached hydrogens (tertiary/aromatic N) is 1. The molecule has 0 bridgehead atoms. The Morgan fingerprint density at radius 3 is 2.38 bits per heavy atom. The Morgan fingerprint density at radius 1 is 1.10 bits per heavy atom. The molecule has 1 aromatic carbocycles. The van der Waals surface area contributed by atoms with Crippen molar-refractivity contribution in [2.45, 2.75) is 59.3 Å². The number of esters is 1. The number of anilines is 1. The van der Waals surface area contributed by atoms with Gasteiger partial charge in [-0.15, -0.1) is 0 Å². The van der Waals surface area contributed by atoms with Crippen molar-refractivity contribution < 1.29 is 14.3 Å². The van der Waals surface area contributed by atoms with Crippen LogP contribution in [-0.2, 0) is 14.3 Å². The number of Topliss-reactive ketones (excluding diaryl/α,β-unsaturated/α-hetero) is 1. The smallest absolute Gasteiger partial charge is 0.336 e. The third-order valence-electron chi connectivity index (χ3n) is 5.86. The van der Waals surface area contributed by atoms with Gasteiger partial charge in [0.25, 0.3) is 0 Å². The lowest BCUT2D eigenvalue weighted by Crippen LogP contribution is -2.35. The van der Waals surface area contributed by atoms with Gasteiger partial charge in [0.1, 0.15) is 0 Å². The van der Waals surface area contributed by atoms with Crippen LogP contribution in [0.2, 0.25) is 0 Å². The van der Waals surface area contributed by atoms with Crippen LogP contribution >= 0.6 is 0 Å². The number of carbonyl (C=O) groups excluding carboxylic acids is 2. The molecule has 1 aliphatic heterocycles. The minimum Gasteiger partial charge on any atom is -0.463 e. The van der Waals surface area contributed by atoms with Crippen LogP contribution in [0.25, 0.3) is 0 Å². The molecule has 0 aromatic heterocycles. The highest BCUT2D eigenvalue weighted by atomic mass is 16.5. The average molecular weight is 397 g/mol. The maximum absolute atomic E-state index is 12.9. The molecule has 0 fully saturated rings. The molecule has 1 aliphatic carbocycles. The van der Waals surface area contributed by atoms with E-state index in [4.69, 9.17) is 4.74 Å². The molecule has 156 valence electrons. The number of allylic oxidation sites excluding steroid dienone is 3. The second-order valence-corrected chi connectivity index (χ2v) is 7.46. The summed E-state index contributed by atoms with van der Waals surface area (Å²) in [6, 6.07) is 8.30. The highest BCUT2D eigenvalue weighted by Crippen LogP contribution is 2.43. The van der Waals surface area contributed by atoms with Crippen molar-refractivity contribution in [1.29, 1.82) is 0 Å². The lowest BCUT2D eigenvalue weighted by Gasteiger charge is -2.35. The molecule has 0 unspecified atom stereocenters. The zero-order valence-electron chi connectivity index (χ0n) is 18.0. The molecule has 29 heavy (non-hydrogen) atoms. The van der Waals surface area contributed by atoms with Crippen LogP contribution < -0.4 is 10.2 Å². The second-order valence-electron chi connectivity index (χ2n) is 7.46. The van der Waals surface area contributed by atoms with Gasteiger partial charge in [0.05, 0.1) is 12.2 Å². The first kappa shape index (κ1) is 21.2. The first-order chi connectivity index (χ1) is 14.0. The lowest BCUT2D eigenvalue weighted by molar-refractivity contribution is -0.138. The summed E-state index contributed by atoms with van der Waals surface area (Å²) in [6.07, 6.45) is 2.91. The van der Waals surface area contributed by atoms with Crippen molar-refractivity contribution in [3.63, 3.8) is 0 Å². The summed E-state index contributed by atoms with van der Waals surface area (Å²) in [5, 5.41) is 3.40. The Hall–Kier alpha value is -2.56. The summed E-state index contributed by atoms with van der Waals surface area (Å²) in [5.41, 5.74) is 5.29. The molecule has 5 heteroatoms. The monoisotopic (exact) mass is 396 g/mol. The van der Waals surface area contributed by atoms with E-state index in [0.29, 0.717) is 25.0 Å². The average Bonchev–Trinajstić information content (AvgIpc) is 2.74. The number of carbonyl (C=O) groups is 2. The van der Waals surface area contributed by atoms with E-state index < -0.39 is 0 Å². The van der Waals surface area contributed by atoms with Crippen LogP contribution in [0.4, 0.5) is 5.69 Å². The molecular formula is C24H32N2O3. The van der Waals surface area contributed by atoms with Crippen molar-refractivity contribution in [1.82, 2.24) is 5.32 Å². The molecule has 2 aliphatic rings. The maximum atomic E-state index is 12.9. The molecule has 3 rings (SSSR count). The molecule has 0 amide bonds. The Kier molecular flexibility index (Phi) is 6.78. The van der Waals surface area contributed by atoms with E-state index in [-0.39, 0.29) is 17.7 Å². The zero-order chi connectivity index (χ0) is 21.0. The summed E-state index contributed by atoms with van der Waals surface area (Å²) in [6.45, 7) is 10.3. The highest BCUT2D eigenvalue weighted by molar-refractivity contribution is 6.03. The van der Waals surface area contributed by atoms with Crippen molar-refractivity contribution >= 4 is 17.4 Å². The van der Waals surface area contributed by atoms with E-state index in [9.17, 15) is 9.59 Å². The van der Waals surface area contributed by atoms with Crippen molar-refractivity contribution in [2.75, 3.05) is 24.6 Å². The molecule has 1 heterocycles. The minimum absolute atomic E-state index is 0.133. The Labute approximate surface area is 173 Å². The van der Waals surface area contributed by atoms with E-state index in [1.807, 2.05) is 13.8 Å². The molecule has 1 aromatic rings. The third kappa shape index (κ3) is 4.09. The van der Waals surface area contributed by atoms with Crippen LogP contribution in [0.15, 0.2) is 46.8 Å². The molecular weight excluding hydrogens is 364 g/mol. The van der Waals surface area contributed by atoms with Crippen LogP contribution in [0.3, 0.4) is 0 Å². The van der Waals surface area contributed by atoms with Gasteiger partial charge in [0.15, 0.2) is 5.78 Å². The van der Waals surface area contributed by atoms with E-state index in [2.05, 4.69) is 48.3 Å². The van der Waals surface area contributed by atoms with Gasteiger partial charge in [-0.3, -0.25) is 4.79 Å². The normalized spacial score (nSPS) is 19.0. The predicted octanol–water partition coefficient (Wildman–Crippen LogP) is 4.45. The minimum atomic E-state index is -0.362. The molecule has 0 spiro atoms. The van der Waals surface area contributed by atoms with Gasteiger partial charge in [0.2, 0.25) is 0 Å². The Balaban J connectivity index is 2.11. The number of hydrogen-bond acceptors (Lipinski definition) is 5. The second kappa shape index (κ2) is 9.29. The number of rotatable bonds is 7. The van der Waals surface area contributed by atoms with Gasteiger partial charge in [-0.05, 0) is 57.7 Å². The topological polar surface area (TPSA) is 58.6 Å². The van der Waals surface area contributed by atoms with Crippen LogP contribution in [0.1, 0.15) is 64.9 Å². The molecule has 5 nitrogen and oxygen atoms in total. The summed E-state index contributed by atoms with van der Waals surface area (Å²) >= 11 is 0. The van der Waals surface area contributed by atoms with Gasteiger partial charge in [0, 0.05) is 48.1 Å². The number of benzene rings is 1. The molecule has 0 saturated heterocycles. The molecule has 0 saturated carbocycles. The van der Waals surface area contributed by atoms with Crippen LogP contribution in [0, 0.1) is 0 Å². The molecule has 0 radical (unpaired) electrons. The first-order valence-corrected chi connectivity index (χ1v) is 10.8. The van der Waals surface area contributed by atoms with Gasteiger partial charge in [-0.1, -0.05) is 19.1 Å².